The Morgan fingerprint density at radius 3 is 2.35 bits per heavy atom. The van der Waals surface area contributed by atoms with E-state index < -0.39 is 0 Å². The Morgan fingerprint density at radius 1 is 0.962 bits per heavy atom. The maximum atomic E-state index is 12.5. The highest BCUT2D eigenvalue weighted by Gasteiger charge is 2.15. The molecule has 0 heterocycles. The largest absolute Gasteiger partial charge is 0.331 e. The Labute approximate surface area is 157 Å². The average molecular weight is 351 g/mol. The molecule has 3 rings (SSSR count). The summed E-state index contributed by atoms with van der Waals surface area (Å²) in [6.07, 6.45) is 5.49. The molecule has 0 unspecified atom stereocenters. The highest BCUT2D eigenvalue weighted by molar-refractivity contribution is 5.89. The number of hydrogen-bond donors (Lipinski definition) is 2. The first-order valence-electron chi connectivity index (χ1n) is 9.89. The number of aryl methyl sites for hydroxylation is 2. The summed E-state index contributed by atoms with van der Waals surface area (Å²) in [6, 6.07) is 14.8. The minimum Gasteiger partial charge on any atom is -0.331 e. The van der Waals surface area contributed by atoms with Gasteiger partial charge in [-0.25, -0.2) is 4.79 Å². The van der Waals surface area contributed by atoms with Crippen molar-refractivity contribution in [2.24, 2.45) is 0 Å². The number of amides is 2. The van der Waals surface area contributed by atoms with Crippen LogP contribution < -0.4 is 10.6 Å². The molecule has 0 radical (unpaired) electrons. The fraction of sp³-hybridized carbons (Fsp3) is 0.435. The molecule has 0 fully saturated rings. The van der Waals surface area contributed by atoms with Gasteiger partial charge in [0.25, 0.3) is 0 Å². The smallest absolute Gasteiger partial charge is 0.319 e. The Kier molecular flexibility index (Phi) is 5.97. The van der Waals surface area contributed by atoms with Gasteiger partial charge in [-0.1, -0.05) is 51.1 Å². The Hall–Kier alpha value is -2.29. The molecule has 1 aliphatic rings. The first kappa shape index (κ1) is 18.5. The van der Waals surface area contributed by atoms with Crippen molar-refractivity contribution in [1.29, 1.82) is 0 Å². The van der Waals surface area contributed by atoms with E-state index >= 15 is 0 Å². The number of hydrogen-bond acceptors (Lipinski definition) is 1. The summed E-state index contributed by atoms with van der Waals surface area (Å²) in [6.45, 7) is 6.55. The van der Waals surface area contributed by atoms with Gasteiger partial charge in [0.2, 0.25) is 0 Å². The normalized spacial score (nSPS) is 15.2. The van der Waals surface area contributed by atoms with Crippen molar-refractivity contribution in [1.82, 2.24) is 5.32 Å². The summed E-state index contributed by atoms with van der Waals surface area (Å²) in [4.78, 5) is 12.5. The number of fused-ring (bicyclic) bond motifs is 1. The standard InChI is InChI=1S/C23H30N2O/c1-4-16(3)17-9-11-19(12-10-17)22(5-2)25-23(26)24-21-14-13-18-7-6-8-20(18)15-21/h9-16,22H,4-8H2,1-3H3,(H2,24,25,26)/t16-,22-/m1/s1. The molecule has 0 aliphatic heterocycles. The number of carbonyl (C=O) groups is 1. The van der Waals surface area contributed by atoms with Crippen molar-refractivity contribution in [3.8, 4) is 0 Å². The first-order valence-corrected chi connectivity index (χ1v) is 9.89. The number of nitrogens with one attached hydrogen (secondary N) is 2. The van der Waals surface area contributed by atoms with Gasteiger partial charge in [0, 0.05) is 5.69 Å². The van der Waals surface area contributed by atoms with Crippen LogP contribution in [0.1, 0.15) is 74.2 Å². The number of rotatable bonds is 6. The van der Waals surface area contributed by atoms with Crippen molar-refractivity contribution in [3.05, 3.63) is 64.7 Å². The molecule has 2 atom stereocenters. The van der Waals surface area contributed by atoms with Gasteiger partial charge in [0.1, 0.15) is 0 Å². The molecule has 3 heteroatoms. The van der Waals surface area contributed by atoms with E-state index in [1.165, 1.54) is 23.1 Å². The van der Waals surface area contributed by atoms with Crippen LogP contribution in [0.5, 0.6) is 0 Å². The van der Waals surface area contributed by atoms with Gasteiger partial charge in [-0.2, -0.15) is 0 Å². The Morgan fingerprint density at radius 2 is 1.65 bits per heavy atom. The summed E-state index contributed by atoms with van der Waals surface area (Å²) < 4.78 is 0. The van der Waals surface area contributed by atoms with Crippen LogP contribution in [0.2, 0.25) is 0 Å². The molecule has 2 amide bonds. The SMILES string of the molecule is CC[C@@H](C)c1ccc([C@@H](CC)NC(=O)Nc2ccc3c(c2)CCC3)cc1. The van der Waals surface area contributed by atoms with E-state index in [9.17, 15) is 4.79 Å². The van der Waals surface area contributed by atoms with Crippen molar-refractivity contribution in [2.75, 3.05) is 5.32 Å². The van der Waals surface area contributed by atoms with Crippen LogP contribution in [0.25, 0.3) is 0 Å². The molecule has 0 bridgehead atoms. The molecule has 0 saturated carbocycles. The fourth-order valence-electron chi connectivity index (χ4n) is 3.69. The third kappa shape index (κ3) is 4.27. The van der Waals surface area contributed by atoms with Gasteiger partial charge in [-0.3, -0.25) is 0 Å². The third-order valence-electron chi connectivity index (χ3n) is 5.59. The van der Waals surface area contributed by atoms with Crippen LogP contribution in [0.15, 0.2) is 42.5 Å². The number of benzene rings is 2. The monoisotopic (exact) mass is 350 g/mol. The predicted octanol–water partition coefficient (Wildman–Crippen LogP) is 5.96. The molecule has 2 N–H and O–H groups in total. The van der Waals surface area contributed by atoms with Gasteiger partial charge in [-0.05, 0) is 72.4 Å². The van der Waals surface area contributed by atoms with Crippen molar-refractivity contribution in [3.63, 3.8) is 0 Å². The lowest BCUT2D eigenvalue weighted by atomic mass is 9.95. The van der Waals surface area contributed by atoms with Gasteiger partial charge in [0.05, 0.1) is 6.04 Å². The van der Waals surface area contributed by atoms with Crippen molar-refractivity contribution >= 4 is 11.7 Å². The molecular formula is C23H30N2O. The molecule has 2 aromatic carbocycles. The summed E-state index contributed by atoms with van der Waals surface area (Å²) in [5.41, 5.74) is 6.18. The second-order valence-electron chi connectivity index (χ2n) is 7.37. The third-order valence-corrected chi connectivity index (χ3v) is 5.59. The molecule has 0 spiro atoms. The lowest BCUT2D eigenvalue weighted by Gasteiger charge is -2.19. The van der Waals surface area contributed by atoms with Crippen LogP contribution >= 0.6 is 0 Å². The summed E-state index contributed by atoms with van der Waals surface area (Å²) in [7, 11) is 0. The quantitative estimate of drug-likeness (QED) is 0.663. The van der Waals surface area contributed by atoms with Crippen LogP contribution in [0.3, 0.4) is 0 Å². The Bertz CT molecular complexity index is 751. The lowest BCUT2D eigenvalue weighted by molar-refractivity contribution is 0.248. The lowest BCUT2D eigenvalue weighted by Crippen LogP contribution is -2.32. The van der Waals surface area contributed by atoms with E-state index in [1.54, 1.807) is 0 Å². The minimum absolute atomic E-state index is 0.0235. The highest BCUT2D eigenvalue weighted by Crippen LogP contribution is 2.25. The zero-order valence-electron chi connectivity index (χ0n) is 16.1. The predicted molar refractivity (Wildman–Crippen MR) is 109 cm³/mol. The van der Waals surface area contributed by atoms with E-state index in [-0.39, 0.29) is 12.1 Å². The van der Waals surface area contributed by atoms with Crippen LogP contribution in [0.4, 0.5) is 10.5 Å². The van der Waals surface area contributed by atoms with Crippen LogP contribution in [0, 0.1) is 0 Å². The van der Waals surface area contributed by atoms with Gasteiger partial charge < -0.3 is 10.6 Å². The molecule has 1 aliphatic carbocycles. The zero-order valence-corrected chi connectivity index (χ0v) is 16.1. The maximum Gasteiger partial charge on any atom is 0.319 e. The van der Waals surface area contributed by atoms with Gasteiger partial charge in [0.15, 0.2) is 0 Å². The van der Waals surface area contributed by atoms with E-state index in [2.05, 4.69) is 67.8 Å². The topological polar surface area (TPSA) is 41.1 Å². The Balaban J connectivity index is 1.63. The molecule has 0 saturated heterocycles. The number of urea groups is 1. The number of anilines is 1. The molecule has 2 aromatic rings. The summed E-state index contributed by atoms with van der Waals surface area (Å²) in [5, 5.41) is 6.11. The van der Waals surface area contributed by atoms with E-state index in [1.807, 2.05) is 6.07 Å². The van der Waals surface area contributed by atoms with E-state index in [4.69, 9.17) is 0 Å². The van der Waals surface area contributed by atoms with Crippen molar-refractivity contribution in [2.45, 2.75) is 64.8 Å². The maximum absolute atomic E-state index is 12.5. The average Bonchev–Trinajstić information content (AvgIpc) is 3.13. The second-order valence-corrected chi connectivity index (χ2v) is 7.37. The molecular weight excluding hydrogens is 320 g/mol. The van der Waals surface area contributed by atoms with Gasteiger partial charge >= 0.3 is 6.03 Å². The van der Waals surface area contributed by atoms with Crippen LogP contribution in [-0.2, 0) is 12.8 Å². The zero-order chi connectivity index (χ0) is 18.5. The summed E-state index contributed by atoms with van der Waals surface area (Å²) in [5.74, 6) is 0.570. The molecule has 0 aromatic heterocycles. The second kappa shape index (κ2) is 8.39. The minimum atomic E-state index is -0.138. The summed E-state index contributed by atoms with van der Waals surface area (Å²) >= 11 is 0. The highest BCUT2D eigenvalue weighted by atomic mass is 16.2. The molecule has 138 valence electrons. The molecule has 3 nitrogen and oxygen atoms in total. The van der Waals surface area contributed by atoms with E-state index in [0.29, 0.717) is 5.92 Å². The number of carbonyl (C=O) groups excluding carboxylic acids is 1. The molecule has 26 heavy (non-hydrogen) atoms. The van der Waals surface area contributed by atoms with Gasteiger partial charge in [-0.15, -0.1) is 0 Å². The first-order chi connectivity index (χ1) is 12.6. The van der Waals surface area contributed by atoms with E-state index in [0.717, 1.165) is 36.9 Å². The fourth-order valence-corrected chi connectivity index (χ4v) is 3.69. The van der Waals surface area contributed by atoms with Crippen LogP contribution in [-0.4, -0.2) is 6.03 Å². The van der Waals surface area contributed by atoms with Crippen molar-refractivity contribution < 1.29 is 4.79 Å².